The van der Waals surface area contributed by atoms with E-state index in [4.69, 9.17) is 4.74 Å². The Morgan fingerprint density at radius 1 is 1.06 bits per heavy atom. The van der Waals surface area contributed by atoms with Gasteiger partial charge >= 0.3 is 0 Å². The summed E-state index contributed by atoms with van der Waals surface area (Å²) in [7, 11) is -4.54. The maximum Gasteiger partial charge on any atom is 0.264 e. The molecule has 4 aromatic rings. The molecule has 1 heterocycles. The van der Waals surface area contributed by atoms with Crippen LogP contribution in [0.2, 0.25) is 0 Å². The van der Waals surface area contributed by atoms with E-state index in [2.05, 4.69) is 20.2 Å². The van der Waals surface area contributed by atoms with Gasteiger partial charge in [-0.2, -0.15) is 5.10 Å². The average molecular weight is 521 g/mol. The van der Waals surface area contributed by atoms with Gasteiger partial charge in [0.2, 0.25) is 0 Å². The van der Waals surface area contributed by atoms with Gasteiger partial charge < -0.3 is 15.2 Å². The van der Waals surface area contributed by atoms with Crippen LogP contribution >= 0.6 is 0 Å². The average Bonchev–Trinajstić information content (AvgIpc) is 3.20. The molecule has 1 atom stereocenters. The maximum absolute atomic E-state index is 13.9. The van der Waals surface area contributed by atoms with Gasteiger partial charge in [0.05, 0.1) is 11.6 Å². The van der Waals surface area contributed by atoms with Crippen LogP contribution in [0.25, 0.3) is 10.9 Å². The number of anilines is 1. The maximum atomic E-state index is 13.9. The number of sulfonamides is 1. The van der Waals surface area contributed by atoms with E-state index >= 15 is 0 Å². The number of nitrogens with zero attached hydrogens (tertiary/aromatic N) is 1. The van der Waals surface area contributed by atoms with Crippen molar-refractivity contribution < 1.29 is 31.4 Å². The van der Waals surface area contributed by atoms with E-state index in [1.165, 1.54) is 18.2 Å². The van der Waals surface area contributed by atoms with Crippen molar-refractivity contribution in [2.75, 3.05) is 24.4 Å². The summed E-state index contributed by atoms with van der Waals surface area (Å²) >= 11 is 0. The molecule has 0 aliphatic heterocycles. The lowest BCUT2D eigenvalue weighted by atomic mass is 10.1. The van der Waals surface area contributed by atoms with E-state index in [0.717, 1.165) is 16.6 Å². The van der Waals surface area contributed by atoms with Gasteiger partial charge in [0.25, 0.3) is 10.0 Å². The van der Waals surface area contributed by atoms with Gasteiger partial charge in [-0.3, -0.25) is 9.82 Å². The summed E-state index contributed by atoms with van der Waals surface area (Å²) in [4.78, 5) is -1.03. The zero-order valence-electron chi connectivity index (χ0n) is 19.1. The predicted molar refractivity (Wildman–Crippen MR) is 128 cm³/mol. The molecule has 0 fully saturated rings. The van der Waals surface area contributed by atoms with Gasteiger partial charge in [0, 0.05) is 48.1 Å². The molecule has 0 spiro atoms. The fourth-order valence-electron chi connectivity index (χ4n) is 3.54. The van der Waals surface area contributed by atoms with Crippen LogP contribution in [0, 0.1) is 24.4 Å². The summed E-state index contributed by atoms with van der Waals surface area (Å²) in [6.45, 7) is 2.84. The minimum absolute atomic E-state index is 0.0167. The quantitative estimate of drug-likeness (QED) is 0.187. The Morgan fingerprint density at radius 2 is 1.83 bits per heavy atom. The molecule has 1 aromatic heterocycles. The minimum atomic E-state index is -4.54. The van der Waals surface area contributed by atoms with E-state index in [1.807, 2.05) is 25.1 Å². The van der Waals surface area contributed by atoms with Gasteiger partial charge in [-0.1, -0.05) is 12.1 Å². The highest BCUT2D eigenvalue weighted by atomic mass is 32.2. The second kappa shape index (κ2) is 10.6. The van der Waals surface area contributed by atoms with Crippen molar-refractivity contribution in [2.24, 2.45) is 0 Å². The van der Waals surface area contributed by atoms with E-state index in [0.29, 0.717) is 24.5 Å². The summed E-state index contributed by atoms with van der Waals surface area (Å²) < 4.78 is 73.2. The van der Waals surface area contributed by atoms with Crippen molar-refractivity contribution in [3.8, 4) is 5.75 Å². The highest BCUT2D eigenvalue weighted by Crippen LogP contribution is 2.24. The first-order valence-corrected chi connectivity index (χ1v) is 12.4. The number of hydrogen-bond acceptors (Lipinski definition) is 6. The molecule has 0 bridgehead atoms. The lowest BCUT2D eigenvalue weighted by molar-refractivity contribution is 0.172. The summed E-state index contributed by atoms with van der Waals surface area (Å²) in [5.41, 5.74) is 2.17. The summed E-state index contributed by atoms with van der Waals surface area (Å²) in [6.07, 6.45) is -0.988. The number of nitrogens with one attached hydrogen (secondary N) is 3. The number of aromatic amines is 1. The molecule has 4 N–H and O–H groups in total. The molecule has 0 aliphatic carbocycles. The van der Waals surface area contributed by atoms with Crippen LogP contribution in [-0.4, -0.2) is 43.4 Å². The van der Waals surface area contributed by atoms with Crippen LogP contribution in [0.3, 0.4) is 0 Å². The third-order valence-electron chi connectivity index (χ3n) is 5.39. The molecule has 190 valence electrons. The van der Waals surface area contributed by atoms with Crippen LogP contribution < -0.4 is 14.8 Å². The number of ether oxygens (including phenoxy) is 1. The Labute approximate surface area is 205 Å². The van der Waals surface area contributed by atoms with Crippen molar-refractivity contribution in [1.29, 1.82) is 0 Å². The van der Waals surface area contributed by atoms with Gasteiger partial charge in [-0.05, 0) is 36.8 Å². The first kappa shape index (κ1) is 25.5. The Hall–Kier alpha value is -3.61. The standard InChI is InChI=1S/C24H23F3N4O4S/c1-14-18-6-5-17(10-22(18)30-29-14)35-8-7-28-13-23(32)15-3-2-4-16(9-15)31-36(33,34)24-12-20(26)19(25)11-21(24)27/h2-6,9-12,23,28,31-32H,7-8,13H2,1H3,(H,29,30). The highest BCUT2D eigenvalue weighted by Gasteiger charge is 2.22. The summed E-state index contributed by atoms with van der Waals surface area (Å²) in [6, 6.07) is 11.8. The molecular weight excluding hydrogens is 497 g/mol. The van der Waals surface area contributed by atoms with Crippen molar-refractivity contribution in [3.63, 3.8) is 0 Å². The minimum Gasteiger partial charge on any atom is -0.492 e. The van der Waals surface area contributed by atoms with Gasteiger partial charge in [0.1, 0.15) is 23.1 Å². The summed E-state index contributed by atoms with van der Waals surface area (Å²) in [5, 5.41) is 21.6. The van der Waals surface area contributed by atoms with Gasteiger partial charge in [-0.25, -0.2) is 21.6 Å². The molecule has 0 saturated heterocycles. The Balaban J connectivity index is 1.30. The van der Waals surface area contributed by atoms with Gasteiger partial charge in [-0.15, -0.1) is 0 Å². The number of rotatable bonds is 10. The number of aryl methyl sites for hydroxylation is 1. The van der Waals surface area contributed by atoms with Crippen LogP contribution in [0.4, 0.5) is 18.9 Å². The molecule has 0 aliphatic rings. The van der Waals surface area contributed by atoms with Crippen LogP contribution in [-0.2, 0) is 10.0 Å². The Bertz CT molecular complexity index is 1490. The SMILES string of the molecule is Cc1[nH]nc2cc(OCCNCC(O)c3cccc(NS(=O)(=O)c4cc(F)c(F)cc4F)c3)ccc12. The monoisotopic (exact) mass is 520 g/mol. The molecule has 1 unspecified atom stereocenters. The van der Waals surface area contributed by atoms with Crippen molar-refractivity contribution in [3.05, 3.63) is 83.3 Å². The molecule has 36 heavy (non-hydrogen) atoms. The molecular formula is C24H23F3N4O4S. The Morgan fingerprint density at radius 3 is 2.64 bits per heavy atom. The molecule has 0 amide bonds. The molecule has 4 rings (SSSR count). The number of hydrogen-bond donors (Lipinski definition) is 4. The zero-order chi connectivity index (χ0) is 25.9. The topological polar surface area (TPSA) is 116 Å². The third-order valence-corrected chi connectivity index (χ3v) is 6.79. The molecule has 0 saturated carbocycles. The van der Waals surface area contributed by atoms with E-state index in [9.17, 15) is 26.7 Å². The van der Waals surface area contributed by atoms with Crippen LogP contribution in [0.5, 0.6) is 5.75 Å². The first-order valence-electron chi connectivity index (χ1n) is 10.9. The molecule has 3 aromatic carbocycles. The zero-order valence-corrected chi connectivity index (χ0v) is 19.9. The number of H-pyrrole nitrogens is 1. The number of fused-ring (bicyclic) bond motifs is 1. The first-order chi connectivity index (χ1) is 17.1. The van der Waals surface area contributed by atoms with Crippen LogP contribution in [0.1, 0.15) is 17.4 Å². The smallest absolute Gasteiger partial charge is 0.264 e. The predicted octanol–water partition coefficient (Wildman–Crippen LogP) is 3.79. The lowest BCUT2D eigenvalue weighted by Crippen LogP contribution is -2.26. The fourth-order valence-corrected chi connectivity index (χ4v) is 4.66. The lowest BCUT2D eigenvalue weighted by Gasteiger charge is -2.15. The highest BCUT2D eigenvalue weighted by molar-refractivity contribution is 7.92. The number of halogens is 3. The number of aliphatic hydroxyl groups is 1. The Kier molecular flexibility index (Phi) is 7.48. The molecule has 8 nitrogen and oxygen atoms in total. The molecule has 0 radical (unpaired) electrons. The van der Waals surface area contributed by atoms with Crippen molar-refractivity contribution in [1.82, 2.24) is 15.5 Å². The fraction of sp³-hybridized carbons (Fsp3) is 0.208. The second-order valence-corrected chi connectivity index (χ2v) is 9.67. The van der Waals surface area contributed by atoms with Crippen LogP contribution in [0.15, 0.2) is 59.5 Å². The second-order valence-electron chi connectivity index (χ2n) is 8.02. The number of aromatic nitrogens is 2. The number of aliphatic hydroxyl groups excluding tert-OH is 1. The molecule has 12 heteroatoms. The number of benzene rings is 3. The van der Waals surface area contributed by atoms with Gasteiger partial charge in [0.15, 0.2) is 11.6 Å². The van der Waals surface area contributed by atoms with E-state index < -0.39 is 38.5 Å². The van der Waals surface area contributed by atoms with Crippen molar-refractivity contribution in [2.45, 2.75) is 17.9 Å². The third kappa shape index (κ3) is 5.78. The van der Waals surface area contributed by atoms with E-state index in [1.54, 1.807) is 6.07 Å². The van der Waals surface area contributed by atoms with Crippen molar-refractivity contribution >= 4 is 26.6 Å². The largest absolute Gasteiger partial charge is 0.492 e. The summed E-state index contributed by atoms with van der Waals surface area (Å²) in [5.74, 6) is -3.76. The van der Waals surface area contributed by atoms with E-state index in [-0.39, 0.29) is 24.4 Å². The normalized spacial score (nSPS) is 12.6.